The third-order valence-corrected chi connectivity index (χ3v) is 8.98. The lowest BCUT2D eigenvalue weighted by Crippen LogP contribution is -2.38. The van der Waals surface area contributed by atoms with E-state index in [2.05, 4.69) is 19.9 Å². The van der Waals surface area contributed by atoms with Crippen molar-refractivity contribution in [1.29, 1.82) is 0 Å². The quantitative estimate of drug-likeness (QED) is 0.179. The molecule has 10 nitrogen and oxygen atoms in total. The van der Waals surface area contributed by atoms with E-state index in [9.17, 15) is 27.2 Å². The molecule has 0 spiro atoms. The van der Waals surface area contributed by atoms with Crippen LogP contribution in [-0.4, -0.2) is 78.1 Å². The lowest BCUT2D eigenvalue weighted by atomic mass is 10.00. The van der Waals surface area contributed by atoms with E-state index in [1.807, 2.05) is 48.5 Å². The fraction of sp³-hybridized carbons (Fsp3) is 0.421. The van der Waals surface area contributed by atoms with Crippen molar-refractivity contribution in [1.82, 2.24) is 29.7 Å². The Morgan fingerprint density at radius 2 is 0.981 bits per heavy atom. The van der Waals surface area contributed by atoms with Crippen LogP contribution in [-0.2, 0) is 9.47 Å². The number of nitrogens with one attached hydrogen (secondary N) is 2. The summed E-state index contributed by atoms with van der Waals surface area (Å²) in [7, 11) is 0. The molecule has 0 unspecified atom stereocenters. The predicted octanol–water partition coefficient (Wildman–Crippen LogP) is 9.41. The Morgan fingerprint density at radius 3 is 1.33 bits per heavy atom. The van der Waals surface area contributed by atoms with Gasteiger partial charge in [-0.3, -0.25) is 9.80 Å². The number of imidazole rings is 2. The van der Waals surface area contributed by atoms with Gasteiger partial charge in [0.2, 0.25) is 0 Å². The molecule has 2 N–H and O–H groups in total. The number of halogens is 4. The van der Waals surface area contributed by atoms with Gasteiger partial charge in [-0.05, 0) is 88.1 Å². The summed E-state index contributed by atoms with van der Waals surface area (Å²) in [6.45, 7) is 8.61. The van der Waals surface area contributed by atoms with Crippen LogP contribution in [0.3, 0.4) is 0 Å². The van der Waals surface area contributed by atoms with E-state index in [4.69, 9.17) is 9.47 Å². The molecule has 4 heterocycles. The van der Waals surface area contributed by atoms with Crippen molar-refractivity contribution in [2.45, 2.75) is 89.5 Å². The van der Waals surface area contributed by atoms with Gasteiger partial charge in [-0.2, -0.15) is 0 Å². The van der Waals surface area contributed by atoms with Crippen LogP contribution in [0.2, 0.25) is 0 Å². The molecule has 2 aliphatic heterocycles. The van der Waals surface area contributed by atoms with Crippen LogP contribution in [0.4, 0.5) is 27.2 Å². The maximum absolute atomic E-state index is 14.5. The predicted molar refractivity (Wildman–Crippen MR) is 187 cm³/mol. The number of benzene rings is 3. The number of aromatic nitrogens is 4. The van der Waals surface area contributed by atoms with Crippen LogP contribution in [0.5, 0.6) is 0 Å². The van der Waals surface area contributed by atoms with Crippen LogP contribution in [0.1, 0.15) is 78.1 Å². The number of aromatic amines is 2. The van der Waals surface area contributed by atoms with Crippen LogP contribution >= 0.6 is 0 Å². The maximum Gasteiger partial charge on any atom is 0.411 e. The van der Waals surface area contributed by atoms with Gasteiger partial charge in [-0.1, -0.05) is 36.4 Å². The van der Waals surface area contributed by atoms with Crippen LogP contribution in [0, 0.1) is 0 Å². The van der Waals surface area contributed by atoms with Gasteiger partial charge in [-0.15, -0.1) is 0 Å². The Labute approximate surface area is 297 Å². The summed E-state index contributed by atoms with van der Waals surface area (Å²) in [5, 5.41) is 0. The lowest BCUT2D eigenvalue weighted by Gasteiger charge is -2.27. The Kier molecular flexibility index (Phi) is 8.30. The normalized spacial score (nSPS) is 20.2. The number of carbonyl (C=O) groups excluding carboxylic acids is 2. The highest BCUT2D eigenvalue weighted by molar-refractivity contribution is 5.85. The number of carbonyl (C=O) groups is 2. The van der Waals surface area contributed by atoms with Crippen molar-refractivity contribution in [3.63, 3.8) is 0 Å². The minimum atomic E-state index is -3.08. The molecule has 3 aromatic carbocycles. The smallest absolute Gasteiger partial charge is 0.411 e. The van der Waals surface area contributed by atoms with Crippen molar-refractivity contribution in [2.24, 2.45) is 0 Å². The molecule has 2 aromatic heterocycles. The zero-order valence-corrected chi connectivity index (χ0v) is 29.7. The highest BCUT2D eigenvalue weighted by Crippen LogP contribution is 2.43. The molecular formula is C38H40F4N6O4. The van der Waals surface area contributed by atoms with Crippen molar-refractivity contribution < 1.29 is 36.6 Å². The molecule has 2 amide bonds. The van der Waals surface area contributed by atoms with Gasteiger partial charge in [0, 0.05) is 12.8 Å². The molecule has 2 saturated heterocycles. The number of likely N-dealkylation sites (tertiary alicyclic amines) is 2. The standard InChI is InChI=1S/C38H40F4N6O4/c1-35(2,3)51-33(49)47-19-37(39,40)17-29(47)31-43-25-13-11-23(15-27(25)45-31)21-7-9-22(10-8-21)24-12-14-26-28(16-24)46-32(44-26)30-18-38(41,42)20-48(30)34(50)52-36(4,5)6/h7-16,29-30H,17-20H2,1-6H3,(H,43,45)(H,44,46)/t29-,30-/m0/s1. The number of rotatable bonds is 4. The average molecular weight is 721 g/mol. The molecule has 5 aromatic rings. The monoisotopic (exact) mass is 720 g/mol. The molecule has 2 atom stereocenters. The van der Waals surface area contributed by atoms with Crippen molar-refractivity contribution in [2.75, 3.05) is 13.1 Å². The van der Waals surface area contributed by atoms with Gasteiger partial charge in [-0.25, -0.2) is 37.1 Å². The highest BCUT2D eigenvalue weighted by Gasteiger charge is 2.51. The number of alkyl halides is 4. The number of H-pyrrole nitrogens is 2. The maximum atomic E-state index is 14.5. The molecule has 7 rings (SSSR count). The molecule has 0 bridgehead atoms. The van der Waals surface area contributed by atoms with E-state index in [1.165, 1.54) is 0 Å². The summed E-state index contributed by atoms with van der Waals surface area (Å²) in [6, 6.07) is 17.1. The van der Waals surface area contributed by atoms with Crippen LogP contribution < -0.4 is 0 Å². The second-order valence-electron chi connectivity index (χ2n) is 15.7. The van der Waals surface area contributed by atoms with Gasteiger partial charge in [0.1, 0.15) is 22.9 Å². The molecular weight excluding hydrogens is 680 g/mol. The summed E-state index contributed by atoms with van der Waals surface area (Å²) < 4.78 is 68.9. The summed E-state index contributed by atoms with van der Waals surface area (Å²) >= 11 is 0. The molecule has 2 aliphatic rings. The number of hydrogen-bond acceptors (Lipinski definition) is 6. The molecule has 2 fully saturated rings. The SMILES string of the molecule is CC(C)(C)OC(=O)N1CC(F)(F)C[C@H]1c1nc2ccc(-c3ccc(-c4ccc5nc([C@@H]6CC(F)(F)CN6C(=O)OC(C)(C)C)[nH]c5c4)cc3)cc2[nH]1. The third-order valence-electron chi connectivity index (χ3n) is 8.98. The van der Waals surface area contributed by atoms with Crippen LogP contribution in [0.15, 0.2) is 60.7 Å². The first-order chi connectivity index (χ1) is 24.2. The first kappa shape index (κ1) is 35.3. The number of fused-ring (bicyclic) bond motifs is 2. The second kappa shape index (κ2) is 12.2. The largest absolute Gasteiger partial charge is 0.444 e. The minimum absolute atomic E-state index is 0.266. The zero-order chi connectivity index (χ0) is 37.4. The van der Waals surface area contributed by atoms with E-state index >= 15 is 0 Å². The van der Waals surface area contributed by atoms with Crippen molar-refractivity contribution >= 4 is 34.3 Å². The molecule has 0 saturated carbocycles. The summed E-state index contributed by atoms with van der Waals surface area (Å²) in [5.41, 5.74) is 4.31. The first-order valence-electron chi connectivity index (χ1n) is 17.1. The number of nitrogens with zero attached hydrogens (tertiary/aromatic N) is 4. The lowest BCUT2D eigenvalue weighted by molar-refractivity contribution is -0.00248. The summed E-state index contributed by atoms with van der Waals surface area (Å²) in [6.07, 6.45) is -2.75. The van der Waals surface area contributed by atoms with Gasteiger partial charge in [0.15, 0.2) is 0 Å². The zero-order valence-electron chi connectivity index (χ0n) is 29.7. The van der Waals surface area contributed by atoms with Crippen LogP contribution in [0.25, 0.3) is 44.3 Å². The van der Waals surface area contributed by atoms with E-state index in [-0.39, 0.29) is 11.6 Å². The van der Waals surface area contributed by atoms with Gasteiger partial charge < -0.3 is 19.4 Å². The fourth-order valence-corrected chi connectivity index (χ4v) is 6.74. The number of amides is 2. The second-order valence-corrected chi connectivity index (χ2v) is 15.7. The molecule has 0 radical (unpaired) electrons. The fourth-order valence-electron chi connectivity index (χ4n) is 6.74. The van der Waals surface area contributed by atoms with Crippen molar-refractivity contribution in [3.8, 4) is 22.3 Å². The van der Waals surface area contributed by atoms with E-state index in [0.717, 1.165) is 32.1 Å². The van der Waals surface area contributed by atoms with E-state index in [1.54, 1.807) is 53.7 Å². The van der Waals surface area contributed by atoms with Crippen molar-refractivity contribution in [3.05, 3.63) is 72.3 Å². The third kappa shape index (κ3) is 7.28. The Morgan fingerprint density at radius 1 is 0.635 bits per heavy atom. The van der Waals surface area contributed by atoms with Gasteiger partial charge in [0.05, 0.1) is 47.2 Å². The Bertz CT molecular complexity index is 2010. The summed E-state index contributed by atoms with van der Waals surface area (Å²) in [5.74, 6) is -5.62. The molecule has 274 valence electrons. The Balaban J connectivity index is 1.10. The number of ether oxygens (including phenoxy) is 2. The molecule has 52 heavy (non-hydrogen) atoms. The van der Waals surface area contributed by atoms with Gasteiger partial charge in [0.25, 0.3) is 11.8 Å². The Hall–Kier alpha value is -5.14. The first-order valence-corrected chi connectivity index (χ1v) is 17.1. The highest BCUT2D eigenvalue weighted by atomic mass is 19.3. The van der Waals surface area contributed by atoms with E-state index < -0.39 is 73.2 Å². The number of hydrogen-bond donors (Lipinski definition) is 2. The van der Waals surface area contributed by atoms with Gasteiger partial charge >= 0.3 is 12.2 Å². The summed E-state index contributed by atoms with van der Waals surface area (Å²) in [4.78, 5) is 43.1. The molecule has 14 heteroatoms. The topological polar surface area (TPSA) is 116 Å². The molecule has 0 aliphatic carbocycles. The minimum Gasteiger partial charge on any atom is -0.444 e. The average Bonchev–Trinajstić information content (AvgIpc) is 3.80. The van der Waals surface area contributed by atoms with E-state index in [0.29, 0.717) is 22.1 Å².